The van der Waals surface area contributed by atoms with Crippen LogP contribution in [0.4, 0.5) is 5.69 Å². The fourth-order valence-corrected chi connectivity index (χ4v) is 2.83. The molecule has 0 saturated heterocycles. The molecule has 3 nitrogen and oxygen atoms in total. The Morgan fingerprint density at radius 3 is 2.05 bits per heavy atom. The molecule has 0 saturated carbocycles. The number of aryl methyl sites for hydroxylation is 1. The Hall–Kier alpha value is -1.35. The number of rotatable bonds is 7. The van der Waals surface area contributed by atoms with Gasteiger partial charge in [0.25, 0.3) is 0 Å². The van der Waals surface area contributed by atoms with Crippen molar-refractivity contribution in [1.82, 2.24) is 0 Å². The van der Waals surface area contributed by atoms with Crippen LogP contribution in [0.2, 0.25) is 0 Å². The third kappa shape index (κ3) is 3.60. The highest BCUT2D eigenvalue weighted by Crippen LogP contribution is 2.32. The van der Waals surface area contributed by atoms with Gasteiger partial charge in [-0.3, -0.25) is 4.79 Å². The van der Waals surface area contributed by atoms with Crippen molar-refractivity contribution >= 4 is 11.6 Å². The minimum atomic E-state index is -0.414. The Labute approximate surface area is 123 Å². The highest BCUT2D eigenvalue weighted by Gasteiger charge is 2.37. The van der Waals surface area contributed by atoms with Gasteiger partial charge in [0, 0.05) is 19.3 Å². The zero-order chi connectivity index (χ0) is 15.2. The first kappa shape index (κ1) is 16.7. The van der Waals surface area contributed by atoms with Gasteiger partial charge < -0.3 is 10.6 Å². The molecule has 0 fully saturated rings. The second-order valence-electron chi connectivity index (χ2n) is 5.68. The summed E-state index contributed by atoms with van der Waals surface area (Å²) in [5, 5.41) is 0. The molecule has 0 aliphatic heterocycles. The van der Waals surface area contributed by atoms with Crippen molar-refractivity contribution in [2.24, 2.45) is 11.1 Å². The number of hydrogen-bond donors (Lipinski definition) is 1. The van der Waals surface area contributed by atoms with Gasteiger partial charge in [0.2, 0.25) is 5.91 Å². The smallest absolute Gasteiger partial charge is 0.234 e. The highest BCUT2D eigenvalue weighted by atomic mass is 16.2. The maximum Gasteiger partial charge on any atom is 0.234 e. The number of amides is 1. The lowest BCUT2D eigenvalue weighted by atomic mass is 9.78. The molecule has 0 radical (unpaired) electrons. The molecule has 0 bridgehead atoms. The first-order valence-corrected chi connectivity index (χ1v) is 7.55. The van der Waals surface area contributed by atoms with E-state index in [1.807, 2.05) is 38.2 Å². The molecule has 0 atom stereocenters. The average Bonchev–Trinajstić information content (AvgIpc) is 2.46. The van der Waals surface area contributed by atoms with E-state index in [4.69, 9.17) is 5.73 Å². The minimum Gasteiger partial charge on any atom is -0.329 e. The molecule has 112 valence electrons. The number of nitrogens with two attached hydrogens (primary N) is 1. The van der Waals surface area contributed by atoms with E-state index in [0.717, 1.165) is 31.4 Å². The van der Waals surface area contributed by atoms with Crippen molar-refractivity contribution in [3.63, 3.8) is 0 Å². The fraction of sp³-hybridized carbons (Fsp3) is 0.588. The van der Waals surface area contributed by atoms with Crippen LogP contribution in [0.5, 0.6) is 0 Å². The molecule has 1 amide bonds. The SMILES string of the molecule is CCCC(CN)(CCC)C(=O)N(C)c1ccc(C)cc1. The molecule has 0 heterocycles. The predicted octanol–water partition coefficient (Wildman–Crippen LogP) is 3.50. The van der Waals surface area contributed by atoms with Gasteiger partial charge in [-0.15, -0.1) is 0 Å². The van der Waals surface area contributed by atoms with Crippen molar-refractivity contribution in [1.29, 1.82) is 0 Å². The lowest BCUT2D eigenvalue weighted by molar-refractivity contribution is -0.128. The van der Waals surface area contributed by atoms with E-state index in [1.54, 1.807) is 4.90 Å². The summed E-state index contributed by atoms with van der Waals surface area (Å²) in [7, 11) is 1.85. The summed E-state index contributed by atoms with van der Waals surface area (Å²) < 4.78 is 0. The van der Waals surface area contributed by atoms with E-state index in [2.05, 4.69) is 13.8 Å². The van der Waals surface area contributed by atoms with Gasteiger partial charge in [-0.1, -0.05) is 44.4 Å². The number of benzene rings is 1. The van der Waals surface area contributed by atoms with Crippen LogP contribution >= 0.6 is 0 Å². The van der Waals surface area contributed by atoms with Crippen LogP contribution < -0.4 is 10.6 Å². The van der Waals surface area contributed by atoms with Crippen molar-refractivity contribution in [2.45, 2.75) is 46.5 Å². The highest BCUT2D eigenvalue weighted by molar-refractivity contribution is 5.97. The Morgan fingerprint density at radius 2 is 1.65 bits per heavy atom. The fourth-order valence-electron chi connectivity index (χ4n) is 2.83. The number of carbonyl (C=O) groups excluding carboxylic acids is 1. The molecule has 0 spiro atoms. The summed E-state index contributed by atoms with van der Waals surface area (Å²) in [6.07, 6.45) is 3.66. The van der Waals surface area contributed by atoms with Crippen LogP contribution in [0.1, 0.15) is 45.1 Å². The number of nitrogens with zero attached hydrogens (tertiary/aromatic N) is 1. The van der Waals surface area contributed by atoms with Crippen molar-refractivity contribution in [3.05, 3.63) is 29.8 Å². The lowest BCUT2D eigenvalue weighted by Gasteiger charge is -2.35. The minimum absolute atomic E-state index is 0.146. The summed E-state index contributed by atoms with van der Waals surface area (Å²) in [4.78, 5) is 14.7. The molecule has 2 N–H and O–H groups in total. The quantitative estimate of drug-likeness (QED) is 0.828. The van der Waals surface area contributed by atoms with Gasteiger partial charge in [-0.05, 0) is 31.9 Å². The molecule has 1 aromatic rings. The van der Waals surface area contributed by atoms with Crippen molar-refractivity contribution in [3.8, 4) is 0 Å². The zero-order valence-electron chi connectivity index (χ0n) is 13.3. The van der Waals surface area contributed by atoms with Crippen molar-refractivity contribution < 1.29 is 4.79 Å². The van der Waals surface area contributed by atoms with E-state index in [9.17, 15) is 4.79 Å². The maximum atomic E-state index is 12.9. The van der Waals surface area contributed by atoms with E-state index < -0.39 is 5.41 Å². The summed E-state index contributed by atoms with van der Waals surface area (Å²) in [6, 6.07) is 8.05. The molecular weight excluding hydrogens is 248 g/mol. The molecule has 1 aromatic carbocycles. The van der Waals surface area contributed by atoms with Crippen molar-refractivity contribution in [2.75, 3.05) is 18.5 Å². The largest absolute Gasteiger partial charge is 0.329 e. The van der Waals surface area contributed by atoms with Gasteiger partial charge in [0.15, 0.2) is 0 Å². The Kier molecular flexibility index (Phi) is 6.21. The predicted molar refractivity (Wildman–Crippen MR) is 85.9 cm³/mol. The second-order valence-corrected chi connectivity index (χ2v) is 5.68. The van der Waals surface area contributed by atoms with E-state index in [0.29, 0.717) is 6.54 Å². The number of hydrogen-bond acceptors (Lipinski definition) is 2. The molecule has 20 heavy (non-hydrogen) atoms. The van der Waals surface area contributed by atoms with Gasteiger partial charge in [-0.25, -0.2) is 0 Å². The molecule has 0 aromatic heterocycles. The van der Waals surface area contributed by atoms with Gasteiger partial charge in [0.1, 0.15) is 0 Å². The van der Waals surface area contributed by atoms with Crippen LogP contribution in [-0.2, 0) is 4.79 Å². The molecular formula is C17H28N2O. The first-order valence-electron chi connectivity index (χ1n) is 7.55. The number of carbonyl (C=O) groups is 1. The van der Waals surface area contributed by atoms with Crippen LogP contribution in [0.15, 0.2) is 24.3 Å². The number of anilines is 1. The average molecular weight is 276 g/mol. The zero-order valence-corrected chi connectivity index (χ0v) is 13.3. The Bertz CT molecular complexity index is 419. The van der Waals surface area contributed by atoms with E-state index in [1.165, 1.54) is 5.56 Å². The maximum absolute atomic E-state index is 12.9. The van der Waals surface area contributed by atoms with Gasteiger partial charge >= 0.3 is 0 Å². The molecule has 0 aliphatic carbocycles. The topological polar surface area (TPSA) is 46.3 Å². The molecule has 0 aliphatic rings. The summed E-state index contributed by atoms with van der Waals surface area (Å²) in [5.74, 6) is 0.146. The molecule has 3 heteroatoms. The summed E-state index contributed by atoms with van der Waals surface area (Å²) >= 11 is 0. The second kappa shape index (κ2) is 7.44. The summed E-state index contributed by atoms with van der Waals surface area (Å²) in [6.45, 7) is 6.69. The van der Waals surface area contributed by atoms with E-state index in [-0.39, 0.29) is 5.91 Å². The van der Waals surface area contributed by atoms with Gasteiger partial charge in [0.05, 0.1) is 5.41 Å². The third-order valence-corrected chi connectivity index (χ3v) is 4.03. The molecule has 1 rings (SSSR count). The van der Waals surface area contributed by atoms with Gasteiger partial charge in [-0.2, -0.15) is 0 Å². The normalized spacial score (nSPS) is 11.4. The third-order valence-electron chi connectivity index (χ3n) is 4.03. The van der Waals surface area contributed by atoms with Crippen LogP contribution in [0.25, 0.3) is 0 Å². The monoisotopic (exact) mass is 276 g/mol. The summed E-state index contributed by atoms with van der Waals surface area (Å²) in [5.41, 5.74) is 7.69. The standard InChI is InChI=1S/C17H28N2O/c1-5-11-17(13-18,12-6-2)16(20)19(4)15-9-7-14(3)8-10-15/h7-10H,5-6,11-13,18H2,1-4H3. The van der Waals surface area contributed by atoms with Crippen LogP contribution in [0, 0.1) is 12.3 Å². The van der Waals surface area contributed by atoms with Crippen LogP contribution in [0.3, 0.4) is 0 Å². The Balaban J connectivity index is 3.01. The lowest BCUT2D eigenvalue weighted by Crippen LogP contribution is -2.47. The van der Waals surface area contributed by atoms with Crippen LogP contribution in [-0.4, -0.2) is 19.5 Å². The first-order chi connectivity index (χ1) is 9.50. The Morgan fingerprint density at radius 1 is 1.15 bits per heavy atom. The van der Waals surface area contributed by atoms with E-state index >= 15 is 0 Å². The molecule has 0 unspecified atom stereocenters.